The Bertz CT molecular complexity index is 1370. The number of aromatic nitrogens is 1. The molecule has 1 aliphatic rings. The maximum Gasteiger partial charge on any atom is 0.410 e. The average molecular weight is 506 g/mol. The van der Waals surface area contributed by atoms with Crippen molar-refractivity contribution in [2.45, 2.75) is 43.8 Å². The van der Waals surface area contributed by atoms with Gasteiger partial charge >= 0.3 is 6.09 Å². The highest BCUT2D eigenvalue weighted by Crippen LogP contribution is 2.34. The molecule has 8 nitrogen and oxygen atoms in total. The minimum absolute atomic E-state index is 0.0778. The Morgan fingerprint density at radius 3 is 2.46 bits per heavy atom. The molecule has 3 aromatic rings. The molecule has 0 unspecified atom stereocenters. The van der Waals surface area contributed by atoms with Crippen LogP contribution in [0.3, 0.4) is 0 Å². The maximum absolute atomic E-state index is 14.8. The van der Waals surface area contributed by atoms with Crippen LogP contribution in [0.1, 0.15) is 26.7 Å². The summed E-state index contributed by atoms with van der Waals surface area (Å²) in [6.45, 7) is 4.50. The third kappa shape index (κ3) is 5.51. The number of sulfonamides is 1. The SMILES string of the molecule is CC(C)OC(=O)N1CCC(Oc2cc(-c3cc(F)c(S(N)(=O)=O)cc3F)nc3ccccc23)CC1. The largest absolute Gasteiger partial charge is 0.490 e. The Morgan fingerprint density at radius 1 is 1.11 bits per heavy atom. The highest BCUT2D eigenvalue weighted by Gasteiger charge is 2.26. The lowest BCUT2D eigenvalue weighted by atomic mass is 10.1. The number of hydrogen-bond acceptors (Lipinski definition) is 6. The number of piperidine rings is 1. The van der Waals surface area contributed by atoms with Crippen molar-refractivity contribution >= 4 is 27.0 Å². The molecule has 1 aliphatic heterocycles. The Kier molecular flexibility index (Phi) is 6.91. The number of likely N-dealkylation sites (tertiary alicyclic amines) is 1. The summed E-state index contributed by atoms with van der Waals surface area (Å²) in [6, 6.07) is 9.88. The van der Waals surface area contributed by atoms with Crippen molar-refractivity contribution in [2.75, 3.05) is 13.1 Å². The van der Waals surface area contributed by atoms with Gasteiger partial charge in [-0.25, -0.2) is 32.1 Å². The molecular formula is C24H25F2N3O5S. The number of rotatable bonds is 5. The molecule has 35 heavy (non-hydrogen) atoms. The number of primary sulfonamides is 1. The summed E-state index contributed by atoms with van der Waals surface area (Å²) in [5, 5.41) is 5.65. The molecule has 0 radical (unpaired) electrons. The molecule has 1 saturated heterocycles. The Labute approximate surface area is 201 Å². The molecule has 11 heteroatoms. The minimum atomic E-state index is -4.43. The number of nitrogens with zero attached hydrogens (tertiary/aromatic N) is 2. The first-order chi connectivity index (χ1) is 16.5. The predicted octanol–water partition coefficient (Wildman–Crippen LogP) is 4.22. The molecule has 186 valence electrons. The van der Waals surface area contributed by atoms with Gasteiger partial charge in [-0.05, 0) is 38.1 Å². The zero-order valence-corrected chi connectivity index (χ0v) is 20.0. The molecule has 0 atom stereocenters. The second-order valence-corrected chi connectivity index (χ2v) is 10.1. The lowest BCUT2D eigenvalue weighted by molar-refractivity contribution is 0.0520. The molecule has 0 bridgehead atoms. The molecule has 0 saturated carbocycles. The van der Waals surface area contributed by atoms with Gasteiger partial charge in [0.2, 0.25) is 10.0 Å². The predicted molar refractivity (Wildman–Crippen MR) is 125 cm³/mol. The van der Waals surface area contributed by atoms with E-state index in [1.807, 2.05) is 6.07 Å². The first kappa shape index (κ1) is 24.8. The minimum Gasteiger partial charge on any atom is -0.490 e. The molecule has 0 spiro atoms. The fraction of sp³-hybridized carbons (Fsp3) is 0.333. The van der Waals surface area contributed by atoms with E-state index < -0.39 is 26.6 Å². The van der Waals surface area contributed by atoms with Crippen molar-refractivity contribution in [3.63, 3.8) is 0 Å². The van der Waals surface area contributed by atoms with Gasteiger partial charge in [0, 0.05) is 42.9 Å². The number of nitrogens with two attached hydrogens (primary N) is 1. The van der Waals surface area contributed by atoms with Gasteiger partial charge in [-0.1, -0.05) is 12.1 Å². The summed E-state index contributed by atoms with van der Waals surface area (Å²) in [5.41, 5.74) is 0.346. The number of benzene rings is 2. The molecule has 4 rings (SSSR count). The third-order valence-electron chi connectivity index (χ3n) is 5.61. The van der Waals surface area contributed by atoms with Crippen LogP contribution >= 0.6 is 0 Å². The molecule has 2 N–H and O–H groups in total. The van der Waals surface area contributed by atoms with Gasteiger partial charge in [-0.15, -0.1) is 0 Å². The summed E-state index contributed by atoms with van der Waals surface area (Å²) in [5.74, 6) is -1.74. The van der Waals surface area contributed by atoms with Crippen LogP contribution in [0.15, 0.2) is 47.4 Å². The molecule has 0 aliphatic carbocycles. The summed E-state index contributed by atoms with van der Waals surface area (Å²) in [6.07, 6.45) is 0.331. The molecule has 1 amide bonds. The van der Waals surface area contributed by atoms with Crippen LogP contribution < -0.4 is 9.88 Å². The van der Waals surface area contributed by atoms with Crippen molar-refractivity contribution < 1.29 is 31.5 Å². The number of para-hydroxylation sites is 1. The Hall–Kier alpha value is -3.31. The summed E-state index contributed by atoms with van der Waals surface area (Å²) in [4.78, 5) is 17.3. The topological polar surface area (TPSA) is 112 Å². The average Bonchev–Trinajstić information content (AvgIpc) is 2.79. The summed E-state index contributed by atoms with van der Waals surface area (Å²) >= 11 is 0. The molecule has 1 aromatic heterocycles. The van der Waals surface area contributed by atoms with Gasteiger partial charge in [0.1, 0.15) is 28.4 Å². The van der Waals surface area contributed by atoms with E-state index in [4.69, 9.17) is 14.6 Å². The third-order valence-corrected chi connectivity index (χ3v) is 6.54. The molecular weight excluding hydrogens is 480 g/mol. The fourth-order valence-electron chi connectivity index (χ4n) is 3.93. The zero-order chi connectivity index (χ0) is 25.3. The van der Waals surface area contributed by atoms with E-state index in [1.165, 1.54) is 6.07 Å². The smallest absolute Gasteiger partial charge is 0.410 e. The number of ether oxygens (including phenoxy) is 2. The van der Waals surface area contributed by atoms with E-state index >= 15 is 0 Å². The van der Waals surface area contributed by atoms with Gasteiger partial charge in [0.15, 0.2) is 0 Å². The van der Waals surface area contributed by atoms with Gasteiger partial charge in [-0.2, -0.15) is 0 Å². The monoisotopic (exact) mass is 505 g/mol. The zero-order valence-electron chi connectivity index (χ0n) is 19.2. The summed E-state index contributed by atoms with van der Waals surface area (Å²) < 4.78 is 63.8. The number of hydrogen-bond donors (Lipinski definition) is 1. The number of amides is 1. The summed E-state index contributed by atoms with van der Waals surface area (Å²) in [7, 11) is -4.43. The number of halogens is 2. The highest BCUT2D eigenvalue weighted by molar-refractivity contribution is 7.89. The first-order valence-electron chi connectivity index (χ1n) is 11.1. The normalized spacial score (nSPS) is 15.0. The molecule has 1 fully saturated rings. The van der Waals surface area contributed by atoms with Crippen LogP contribution in [0, 0.1) is 11.6 Å². The van der Waals surface area contributed by atoms with Gasteiger partial charge in [0.05, 0.1) is 17.3 Å². The van der Waals surface area contributed by atoms with E-state index in [9.17, 15) is 22.0 Å². The highest BCUT2D eigenvalue weighted by atomic mass is 32.2. The standard InChI is InChI=1S/C24H25F2N3O5S/c1-14(2)33-24(30)29-9-7-15(8-10-29)34-22-13-21(28-20-6-4-3-5-16(20)22)17-11-19(26)23(12-18(17)25)35(27,31)32/h3-6,11-15H,7-10H2,1-2H3,(H2,27,31,32). The fourth-order valence-corrected chi connectivity index (χ4v) is 4.53. The van der Waals surface area contributed by atoms with Crippen LogP contribution in [0.25, 0.3) is 22.2 Å². The van der Waals surface area contributed by atoms with Crippen LogP contribution in [0.4, 0.5) is 13.6 Å². The van der Waals surface area contributed by atoms with Gasteiger partial charge in [0.25, 0.3) is 0 Å². The van der Waals surface area contributed by atoms with Crippen molar-refractivity contribution in [3.8, 4) is 17.0 Å². The van der Waals surface area contributed by atoms with Crippen LogP contribution in [-0.2, 0) is 14.8 Å². The maximum atomic E-state index is 14.8. The number of carbonyl (C=O) groups is 1. The Balaban J connectivity index is 1.63. The second kappa shape index (κ2) is 9.74. The van der Waals surface area contributed by atoms with Crippen LogP contribution in [-0.4, -0.2) is 49.7 Å². The number of pyridine rings is 1. The molecule has 2 heterocycles. The van der Waals surface area contributed by atoms with E-state index in [1.54, 1.807) is 36.9 Å². The van der Waals surface area contributed by atoms with E-state index in [2.05, 4.69) is 4.98 Å². The van der Waals surface area contributed by atoms with Crippen molar-refractivity contribution in [2.24, 2.45) is 5.14 Å². The van der Waals surface area contributed by atoms with Gasteiger partial charge < -0.3 is 14.4 Å². The van der Waals surface area contributed by atoms with Crippen LogP contribution in [0.5, 0.6) is 5.75 Å². The number of carbonyl (C=O) groups excluding carboxylic acids is 1. The van der Waals surface area contributed by atoms with Crippen molar-refractivity contribution in [3.05, 3.63) is 54.1 Å². The lowest BCUT2D eigenvalue weighted by Crippen LogP contribution is -2.42. The van der Waals surface area contributed by atoms with Crippen molar-refractivity contribution in [1.29, 1.82) is 0 Å². The number of fused-ring (bicyclic) bond motifs is 1. The second-order valence-electron chi connectivity index (χ2n) is 8.57. The lowest BCUT2D eigenvalue weighted by Gasteiger charge is -2.32. The van der Waals surface area contributed by atoms with Crippen LogP contribution in [0.2, 0.25) is 0 Å². The Morgan fingerprint density at radius 2 is 1.80 bits per heavy atom. The van der Waals surface area contributed by atoms with E-state index in [-0.39, 0.29) is 29.6 Å². The first-order valence-corrected chi connectivity index (χ1v) is 12.6. The quantitative estimate of drug-likeness (QED) is 0.556. The van der Waals surface area contributed by atoms with E-state index in [0.29, 0.717) is 48.6 Å². The molecule has 2 aromatic carbocycles. The van der Waals surface area contributed by atoms with Crippen molar-refractivity contribution in [1.82, 2.24) is 9.88 Å². The van der Waals surface area contributed by atoms with Gasteiger partial charge in [-0.3, -0.25) is 0 Å². The van der Waals surface area contributed by atoms with E-state index in [0.717, 1.165) is 6.07 Å².